The standard InChI is InChI=1S/C22H19F2N9O2/c1-11-13(9-27-31(11)2)20-28-29-21(35-20)22(34)32-7-6-14-17(26-10-25-14)18(32)15-8-12-4-3-5-16(19(23)24)33(12)30-15/h3-5,8-10,18-19H,6-7H2,1-2H3,(H,25,26). The van der Waals surface area contributed by atoms with Gasteiger partial charge in [-0.15, -0.1) is 10.2 Å². The first-order valence-corrected chi connectivity index (χ1v) is 10.8. The van der Waals surface area contributed by atoms with Gasteiger partial charge in [-0.25, -0.2) is 18.3 Å². The number of imidazole rings is 1. The predicted molar refractivity (Wildman–Crippen MR) is 117 cm³/mol. The van der Waals surface area contributed by atoms with Crippen molar-refractivity contribution >= 4 is 11.4 Å². The smallest absolute Gasteiger partial charge is 0.312 e. The number of carbonyl (C=O) groups excluding carboxylic acids is 1. The van der Waals surface area contributed by atoms with E-state index < -0.39 is 18.4 Å². The Labute approximate surface area is 196 Å². The minimum atomic E-state index is -2.70. The molecule has 13 heteroatoms. The topological polar surface area (TPSA) is 123 Å². The minimum absolute atomic E-state index is 0.183. The van der Waals surface area contributed by atoms with Crippen molar-refractivity contribution in [3.8, 4) is 11.5 Å². The van der Waals surface area contributed by atoms with E-state index in [4.69, 9.17) is 4.42 Å². The van der Waals surface area contributed by atoms with Crippen molar-refractivity contribution in [3.05, 3.63) is 71.1 Å². The van der Waals surface area contributed by atoms with Crippen molar-refractivity contribution in [2.45, 2.75) is 25.8 Å². The van der Waals surface area contributed by atoms with E-state index in [1.807, 2.05) is 6.92 Å². The largest absolute Gasteiger partial charge is 0.412 e. The van der Waals surface area contributed by atoms with Gasteiger partial charge in [0.15, 0.2) is 0 Å². The first-order valence-electron chi connectivity index (χ1n) is 10.8. The number of carbonyl (C=O) groups is 1. The number of alkyl halides is 2. The highest BCUT2D eigenvalue weighted by molar-refractivity contribution is 5.90. The van der Waals surface area contributed by atoms with E-state index in [1.54, 1.807) is 42.5 Å². The molecule has 11 nitrogen and oxygen atoms in total. The first-order chi connectivity index (χ1) is 16.9. The zero-order valence-corrected chi connectivity index (χ0v) is 18.7. The van der Waals surface area contributed by atoms with Crippen LogP contribution in [0.4, 0.5) is 8.78 Å². The Morgan fingerprint density at radius 1 is 1.29 bits per heavy atom. The van der Waals surface area contributed by atoms with Gasteiger partial charge in [-0.3, -0.25) is 9.48 Å². The average Bonchev–Trinajstić information content (AvgIpc) is 3.64. The summed E-state index contributed by atoms with van der Waals surface area (Å²) in [5.74, 6) is -0.512. The third kappa shape index (κ3) is 3.30. The van der Waals surface area contributed by atoms with Gasteiger partial charge in [-0.05, 0) is 25.1 Å². The fourth-order valence-electron chi connectivity index (χ4n) is 4.40. The van der Waals surface area contributed by atoms with Crippen LogP contribution in [0.2, 0.25) is 0 Å². The molecule has 1 atom stereocenters. The summed E-state index contributed by atoms with van der Waals surface area (Å²) in [5, 5.41) is 16.6. The van der Waals surface area contributed by atoms with Crippen molar-refractivity contribution in [3.63, 3.8) is 0 Å². The van der Waals surface area contributed by atoms with Crippen LogP contribution in [0.5, 0.6) is 0 Å². The van der Waals surface area contributed by atoms with E-state index in [-0.39, 0.29) is 17.5 Å². The van der Waals surface area contributed by atoms with E-state index in [2.05, 4.69) is 30.4 Å². The number of aromatic nitrogens is 8. The molecule has 0 fully saturated rings. The first kappa shape index (κ1) is 21.1. The van der Waals surface area contributed by atoms with Gasteiger partial charge in [0.05, 0.1) is 35.0 Å². The summed E-state index contributed by atoms with van der Waals surface area (Å²) in [6.07, 6.45) is 0.954. The second-order valence-electron chi connectivity index (χ2n) is 8.25. The maximum Gasteiger partial charge on any atom is 0.312 e. The molecule has 0 saturated heterocycles. The number of pyridine rings is 1. The van der Waals surface area contributed by atoms with Gasteiger partial charge >= 0.3 is 11.8 Å². The summed E-state index contributed by atoms with van der Waals surface area (Å²) in [7, 11) is 1.79. The maximum absolute atomic E-state index is 13.6. The van der Waals surface area contributed by atoms with Crippen molar-refractivity contribution in [1.29, 1.82) is 0 Å². The second-order valence-corrected chi connectivity index (χ2v) is 8.25. The zero-order valence-electron chi connectivity index (χ0n) is 18.7. The Balaban J connectivity index is 1.41. The number of hydrogen-bond donors (Lipinski definition) is 1. The Morgan fingerprint density at radius 2 is 2.14 bits per heavy atom. The molecule has 178 valence electrons. The lowest BCUT2D eigenvalue weighted by Crippen LogP contribution is -2.41. The quantitative estimate of drug-likeness (QED) is 0.420. The molecule has 0 spiro atoms. The number of rotatable bonds is 4. The Kier molecular flexibility index (Phi) is 4.72. The summed E-state index contributed by atoms with van der Waals surface area (Å²) < 4.78 is 35.7. The van der Waals surface area contributed by atoms with Crippen LogP contribution in [0, 0.1) is 6.92 Å². The predicted octanol–water partition coefficient (Wildman–Crippen LogP) is 2.87. The van der Waals surface area contributed by atoms with Crippen LogP contribution in [0.15, 0.2) is 41.2 Å². The lowest BCUT2D eigenvalue weighted by Gasteiger charge is -2.32. The van der Waals surface area contributed by atoms with Gasteiger partial charge in [0.25, 0.3) is 12.3 Å². The fraction of sp³-hybridized carbons (Fsp3) is 0.273. The van der Waals surface area contributed by atoms with Crippen molar-refractivity contribution in [2.24, 2.45) is 7.05 Å². The van der Waals surface area contributed by atoms with Gasteiger partial charge in [-0.1, -0.05) is 6.07 Å². The number of nitrogens with zero attached hydrogens (tertiary/aromatic N) is 8. The summed E-state index contributed by atoms with van der Waals surface area (Å²) in [6.45, 7) is 2.17. The Hall–Kier alpha value is -4.42. The third-order valence-corrected chi connectivity index (χ3v) is 6.30. The summed E-state index contributed by atoms with van der Waals surface area (Å²) in [4.78, 5) is 22.6. The highest BCUT2D eigenvalue weighted by Crippen LogP contribution is 2.35. The van der Waals surface area contributed by atoms with E-state index in [1.165, 1.54) is 15.5 Å². The monoisotopic (exact) mass is 479 g/mol. The van der Waals surface area contributed by atoms with E-state index in [0.717, 1.165) is 11.4 Å². The number of aromatic amines is 1. The summed E-state index contributed by atoms with van der Waals surface area (Å²) in [5.41, 5.74) is 3.53. The normalized spacial score (nSPS) is 15.8. The summed E-state index contributed by atoms with van der Waals surface area (Å²) in [6, 6.07) is 5.51. The zero-order chi connectivity index (χ0) is 24.3. The second kappa shape index (κ2) is 7.82. The highest BCUT2D eigenvalue weighted by Gasteiger charge is 2.38. The van der Waals surface area contributed by atoms with Crippen LogP contribution in [-0.4, -0.2) is 56.9 Å². The van der Waals surface area contributed by atoms with E-state index in [0.29, 0.717) is 35.4 Å². The molecule has 1 amide bonds. The number of hydrogen-bond acceptors (Lipinski definition) is 7. The van der Waals surface area contributed by atoms with Gasteiger partial charge < -0.3 is 14.3 Å². The Morgan fingerprint density at radius 3 is 2.91 bits per heavy atom. The molecular weight excluding hydrogens is 460 g/mol. The Bertz CT molecular complexity index is 1560. The molecule has 0 saturated carbocycles. The van der Waals surface area contributed by atoms with Crippen LogP contribution >= 0.6 is 0 Å². The average molecular weight is 479 g/mol. The molecule has 1 aliphatic heterocycles. The lowest BCUT2D eigenvalue weighted by molar-refractivity contribution is 0.0646. The molecule has 0 radical (unpaired) electrons. The third-order valence-electron chi connectivity index (χ3n) is 6.30. The van der Waals surface area contributed by atoms with E-state index >= 15 is 0 Å². The van der Waals surface area contributed by atoms with Crippen LogP contribution < -0.4 is 0 Å². The van der Waals surface area contributed by atoms with Crippen LogP contribution in [0.3, 0.4) is 0 Å². The molecule has 0 aliphatic carbocycles. The van der Waals surface area contributed by atoms with Crippen molar-refractivity contribution < 1.29 is 18.0 Å². The highest BCUT2D eigenvalue weighted by atomic mass is 19.3. The molecule has 6 heterocycles. The summed E-state index contributed by atoms with van der Waals surface area (Å²) >= 11 is 0. The molecule has 0 aromatic carbocycles. The van der Waals surface area contributed by atoms with Crippen LogP contribution in [0.25, 0.3) is 17.0 Å². The van der Waals surface area contributed by atoms with Crippen LogP contribution in [0.1, 0.15) is 51.6 Å². The molecule has 5 aromatic heterocycles. The van der Waals surface area contributed by atoms with Crippen molar-refractivity contribution in [2.75, 3.05) is 6.54 Å². The number of nitrogens with one attached hydrogen (secondary N) is 1. The van der Waals surface area contributed by atoms with Gasteiger partial charge in [0, 0.05) is 31.4 Å². The number of aryl methyl sites for hydroxylation is 1. The molecule has 0 bridgehead atoms. The van der Waals surface area contributed by atoms with Gasteiger partial charge in [-0.2, -0.15) is 10.2 Å². The minimum Gasteiger partial charge on any atom is -0.412 e. The molecular formula is C22H19F2N9O2. The molecule has 5 aromatic rings. The number of fused-ring (bicyclic) bond motifs is 2. The van der Waals surface area contributed by atoms with Crippen LogP contribution in [-0.2, 0) is 13.5 Å². The number of halogens is 2. The SMILES string of the molecule is Cc1c(-c2nnc(C(=O)N3CCc4[nH]cnc4C3c3cc4cccc(C(F)F)n4n3)o2)cnn1C. The fourth-order valence-corrected chi connectivity index (χ4v) is 4.40. The number of H-pyrrole nitrogens is 1. The number of amides is 1. The maximum atomic E-state index is 13.6. The molecule has 1 unspecified atom stereocenters. The molecule has 35 heavy (non-hydrogen) atoms. The molecule has 1 aliphatic rings. The van der Waals surface area contributed by atoms with Crippen molar-refractivity contribution in [1.82, 2.24) is 44.5 Å². The lowest BCUT2D eigenvalue weighted by atomic mass is 9.99. The van der Waals surface area contributed by atoms with E-state index in [9.17, 15) is 13.6 Å². The molecule has 6 rings (SSSR count). The van der Waals surface area contributed by atoms with Gasteiger partial charge in [0.2, 0.25) is 0 Å². The molecule has 1 N–H and O–H groups in total. The van der Waals surface area contributed by atoms with Gasteiger partial charge in [0.1, 0.15) is 11.7 Å².